The van der Waals surface area contributed by atoms with Gasteiger partial charge in [-0.3, -0.25) is 0 Å². The van der Waals surface area contributed by atoms with Gasteiger partial charge in [-0.2, -0.15) is 5.10 Å². The van der Waals surface area contributed by atoms with E-state index in [1.54, 1.807) is 0 Å². The summed E-state index contributed by atoms with van der Waals surface area (Å²) >= 11 is 12.0. The molecule has 1 aromatic heterocycles. The first-order valence-corrected chi connectivity index (χ1v) is 6.77. The molecule has 2 rings (SSSR count). The monoisotopic (exact) mass is 282 g/mol. The molecule has 2 aromatic rings. The Kier molecular flexibility index (Phi) is 4.31. The Balaban J connectivity index is 2.13. The van der Waals surface area contributed by atoms with Gasteiger partial charge in [0.05, 0.1) is 12.2 Å². The van der Waals surface area contributed by atoms with Crippen LogP contribution in [0.25, 0.3) is 0 Å². The van der Waals surface area contributed by atoms with E-state index in [9.17, 15) is 0 Å². The van der Waals surface area contributed by atoms with Gasteiger partial charge in [0.1, 0.15) is 5.15 Å². The van der Waals surface area contributed by atoms with E-state index in [2.05, 4.69) is 18.9 Å². The Hall–Kier alpha value is -0.990. The highest BCUT2D eigenvalue weighted by atomic mass is 35.5. The molecule has 0 atom stereocenters. The molecule has 0 aliphatic heterocycles. The predicted molar refractivity (Wildman–Crippen MR) is 76.3 cm³/mol. The summed E-state index contributed by atoms with van der Waals surface area (Å²) in [5.41, 5.74) is 2.18. The van der Waals surface area contributed by atoms with Crippen LogP contribution in [0.15, 0.2) is 30.3 Å². The van der Waals surface area contributed by atoms with E-state index in [1.807, 2.05) is 35.0 Å². The number of benzene rings is 1. The lowest BCUT2D eigenvalue weighted by Gasteiger charge is -2.04. The first kappa shape index (κ1) is 13.4. The third kappa shape index (κ3) is 3.50. The van der Waals surface area contributed by atoms with Crippen molar-refractivity contribution in [3.63, 3.8) is 0 Å². The zero-order valence-electron chi connectivity index (χ0n) is 10.5. The maximum atomic E-state index is 6.18. The number of halogens is 2. The van der Waals surface area contributed by atoms with Gasteiger partial charge >= 0.3 is 0 Å². The molecule has 0 saturated carbocycles. The summed E-state index contributed by atoms with van der Waals surface area (Å²) in [6, 6.07) is 9.68. The molecular weight excluding hydrogens is 267 g/mol. The lowest BCUT2D eigenvalue weighted by atomic mass is 10.1. The van der Waals surface area contributed by atoms with E-state index in [0.29, 0.717) is 17.6 Å². The van der Waals surface area contributed by atoms with Crippen molar-refractivity contribution >= 4 is 23.2 Å². The van der Waals surface area contributed by atoms with E-state index in [0.717, 1.165) is 22.7 Å². The Labute approximate surface area is 118 Å². The van der Waals surface area contributed by atoms with Crippen LogP contribution in [0, 0.1) is 5.92 Å². The van der Waals surface area contributed by atoms with E-state index in [4.69, 9.17) is 23.2 Å². The van der Waals surface area contributed by atoms with Gasteiger partial charge in [0.25, 0.3) is 0 Å². The Morgan fingerprint density at radius 1 is 1.17 bits per heavy atom. The van der Waals surface area contributed by atoms with Gasteiger partial charge in [0.2, 0.25) is 0 Å². The van der Waals surface area contributed by atoms with E-state index >= 15 is 0 Å². The molecule has 2 nitrogen and oxygen atoms in total. The molecule has 0 N–H and O–H groups in total. The van der Waals surface area contributed by atoms with Crippen LogP contribution in [0.1, 0.15) is 25.1 Å². The summed E-state index contributed by atoms with van der Waals surface area (Å²) in [5.74, 6) is 0.583. The van der Waals surface area contributed by atoms with Crippen molar-refractivity contribution < 1.29 is 0 Å². The number of aromatic nitrogens is 2. The number of rotatable bonds is 4. The highest BCUT2D eigenvalue weighted by molar-refractivity contribution is 6.30. The molecule has 0 saturated heterocycles. The lowest BCUT2D eigenvalue weighted by molar-refractivity contribution is 0.608. The minimum absolute atomic E-state index is 0.583. The Bertz CT molecular complexity index is 515. The van der Waals surface area contributed by atoms with Crippen LogP contribution >= 0.6 is 23.2 Å². The lowest BCUT2D eigenvalue weighted by Crippen LogP contribution is -2.03. The fraction of sp³-hybridized carbons (Fsp3) is 0.357. The molecule has 18 heavy (non-hydrogen) atoms. The zero-order chi connectivity index (χ0) is 13.1. The topological polar surface area (TPSA) is 17.8 Å². The van der Waals surface area contributed by atoms with Crippen LogP contribution in [0.2, 0.25) is 10.2 Å². The second-order valence-electron chi connectivity index (χ2n) is 4.84. The fourth-order valence-corrected chi connectivity index (χ4v) is 2.18. The van der Waals surface area contributed by atoms with Crippen molar-refractivity contribution in [1.29, 1.82) is 0 Å². The van der Waals surface area contributed by atoms with E-state index in [-0.39, 0.29) is 0 Å². The minimum Gasteiger partial charge on any atom is -0.249 e. The van der Waals surface area contributed by atoms with Crippen molar-refractivity contribution in [2.75, 3.05) is 0 Å². The van der Waals surface area contributed by atoms with Crippen LogP contribution in [0.4, 0.5) is 0 Å². The minimum atomic E-state index is 0.583. The van der Waals surface area contributed by atoms with Gasteiger partial charge in [0, 0.05) is 5.02 Å². The van der Waals surface area contributed by atoms with Gasteiger partial charge in [-0.05, 0) is 36.1 Å². The van der Waals surface area contributed by atoms with Crippen molar-refractivity contribution in [3.05, 3.63) is 51.8 Å². The average molecular weight is 283 g/mol. The molecule has 0 spiro atoms. The van der Waals surface area contributed by atoms with Gasteiger partial charge in [-0.25, -0.2) is 4.68 Å². The zero-order valence-corrected chi connectivity index (χ0v) is 12.0. The molecule has 0 amide bonds. The SMILES string of the molecule is CC(C)Cc1cc(Cl)n(Cc2ccc(Cl)cc2)n1. The molecule has 1 heterocycles. The molecule has 0 unspecified atom stereocenters. The van der Waals surface area contributed by atoms with Crippen LogP contribution in [0.5, 0.6) is 0 Å². The summed E-state index contributed by atoms with van der Waals surface area (Å²) in [5, 5.41) is 5.94. The quantitative estimate of drug-likeness (QED) is 0.811. The van der Waals surface area contributed by atoms with Crippen LogP contribution in [0.3, 0.4) is 0 Å². The van der Waals surface area contributed by atoms with Gasteiger partial charge in [-0.15, -0.1) is 0 Å². The summed E-state index contributed by atoms with van der Waals surface area (Å²) in [7, 11) is 0. The number of hydrogen-bond acceptors (Lipinski definition) is 1. The van der Waals surface area contributed by atoms with Crippen LogP contribution < -0.4 is 0 Å². The van der Waals surface area contributed by atoms with E-state index < -0.39 is 0 Å². The molecule has 96 valence electrons. The molecule has 0 fully saturated rings. The fourth-order valence-electron chi connectivity index (χ4n) is 1.84. The molecular formula is C14H16Cl2N2. The molecule has 0 aliphatic rings. The van der Waals surface area contributed by atoms with E-state index in [1.165, 1.54) is 0 Å². The van der Waals surface area contributed by atoms with Crippen molar-refractivity contribution in [3.8, 4) is 0 Å². The van der Waals surface area contributed by atoms with Crippen molar-refractivity contribution in [2.24, 2.45) is 5.92 Å². The third-order valence-corrected chi connectivity index (χ3v) is 3.20. The molecule has 1 aromatic carbocycles. The van der Waals surface area contributed by atoms with Gasteiger partial charge in [0.15, 0.2) is 0 Å². The van der Waals surface area contributed by atoms with Crippen LogP contribution in [-0.4, -0.2) is 9.78 Å². The summed E-state index contributed by atoms with van der Waals surface area (Å²) < 4.78 is 1.82. The maximum Gasteiger partial charge on any atom is 0.127 e. The highest BCUT2D eigenvalue weighted by Crippen LogP contribution is 2.17. The second kappa shape index (κ2) is 5.77. The molecule has 4 heteroatoms. The number of hydrogen-bond donors (Lipinski definition) is 0. The predicted octanol–water partition coefficient (Wildman–Crippen LogP) is 4.44. The average Bonchev–Trinajstić information content (AvgIpc) is 2.61. The third-order valence-electron chi connectivity index (χ3n) is 2.64. The van der Waals surface area contributed by atoms with Crippen molar-refractivity contribution in [1.82, 2.24) is 9.78 Å². The maximum absolute atomic E-state index is 6.18. The largest absolute Gasteiger partial charge is 0.249 e. The highest BCUT2D eigenvalue weighted by Gasteiger charge is 2.08. The summed E-state index contributed by atoms with van der Waals surface area (Å²) in [6.45, 7) is 5.02. The summed E-state index contributed by atoms with van der Waals surface area (Å²) in [6.07, 6.45) is 0.952. The van der Waals surface area contributed by atoms with Crippen LogP contribution in [-0.2, 0) is 13.0 Å². The first-order valence-electron chi connectivity index (χ1n) is 6.01. The normalized spacial score (nSPS) is 11.2. The smallest absolute Gasteiger partial charge is 0.127 e. The van der Waals surface area contributed by atoms with Crippen molar-refractivity contribution in [2.45, 2.75) is 26.8 Å². The summed E-state index contributed by atoms with van der Waals surface area (Å²) in [4.78, 5) is 0. The second-order valence-corrected chi connectivity index (χ2v) is 5.66. The first-order chi connectivity index (χ1) is 8.54. The Morgan fingerprint density at radius 3 is 2.44 bits per heavy atom. The number of nitrogens with zero attached hydrogens (tertiary/aromatic N) is 2. The standard InChI is InChI=1S/C14H16Cl2N2/c1-10(2)7-13-8-14(16)18(17-13)9-11-3-5-12(15)6-4-11/h3-6,8,10H,7,9H2,1-2H3. The molecule has 0 aliphatic carbocycles. The van der Waals surface area contributed by atoms with Gasteiger partial charge in [-0.1, -0.05) is 49.2 Å². The van der Waals surface area contributed by atoms with Gasteiger partial charge < -0.3 is 0 Å². The molecule has 0 bridgehead atoms. The molecule has 0 radical (unpaired) electrons. The Morgan fingerprint density at radius 2 is 1.83 bits per heavy atom.